The van der Waals surface area contributed by atoms with Crippen molar-refractivity contribution in [2.24, 2.45) is 30.7 Å². The molecule has 7 rings (SSSR count). The van der Waals surface area contributed by atoms with Crippen LogP contribution in [0.1, 0.15) is 15.9 Å². The Morgan fingerprint density at radius 1 is 0.597 bits per heavy atom. The minimum Gasteiger partial charge on any atom is -0.505 e. The second kappa shape index (κ2) is 18.8. The van der Waals surface area contributed by atoms with E-state index in [2.05, 4.69) is 41.5 Å². The largest absolute Gasteiger partial charge is 0.505 e. The zero-order valence-electron chi connectivity index (χ0n) is 34.8. The van der Waals surface area contributed by atoms with E-state index in [0.717, 1.165) is 48.5 Å². The number of azo groups is 2. The van der Waals surface area contributed by atoms with Gasteiger partial charge in [-0.15, -0.1) is 15.3 Å². The summed E-state index contributed by atoms with van der Waals surface area (Å²) >= 11 is 0. The van der Waals surface area contributed by atoms with Crippen LogP contribution in [-0.2, 0) is 45.3 Å². The van der Waals surface area contributed by atoms with Crippen LogP contribution in [0.4, 0.5) is 39.8 Å². The van der Waals surface area contributed by atoms with Gasteiger partial charge in [0.2, 0.25) is 11.6 Å². The fourth-order valence-electron chi connectivity index (χ4n) is 6.41. The van der Waals surface area contributed by atoms with E-state index in [0.29, 0.717) is 48.6 Å². The minimum atomic E-state index is -5.36. The number of allylic oxidation sites excluding steroid dienone is 3. The normalized spacial score (nSPS) is 15.7. The zero-order valence-corrected chi connectivity index (χ0v) is 38.1. The SMILES string of the molecule is O=C1C=C(O)C(N=Nc2cc(S(=O)(=O)O)cc3c2C(=O)C(=NNc2ccc([N+](=O)[O-])cc2)C(S(=O)(=O)O)=C3)=CC1=NNc1cc(S(=O)(=O)O)cc2cc(S(=O)(=O)O)c(N=Nc3ccc([N+](=O)[O-])cc3)c(O)c12. The number of nitrogens with zero attached hydrogens (tertiary/aromatic N) is 8. The second-order valence-corrected chi connectivity index (χ2v) is 20.0. The third-order valence-corrected chi connectivity index (χ3v) is 13.1. The molecule has 0 radical (unpaired) electrons. The molecule has 0 aliphatic heterocycles. The maximum Gasteiger partial charge on any atom is 0.296 e. The summed E-state index contributed by atoms with van der Waals surface area (Å²) in [6.45, 7) is 0. The number of nitro benzene ring substituents is 2. The number of rotatable bonds is 14. The molecule has 30 nitrogen and oxygen atoms in total. The average molecular weight is 1070 g/mol. The number of hydrogen-bond acceptors (Lipinski definition) is 24. The Hall–Kier alpha value is -8.90. The lowest BCUT2D eigenvalue weighted by Gasteiger charge is -2.18. The Bertz CT molecular complexity index is 3960. The van der Waals surface area contributed by atoms with E-state index in [-0.39, 0.29) is 22.7 Å². The number of fused-ring (bicyclic) bond motifs is 2. The number of benzene rings is 5. The summed E-state index contributed by atoms with van der Waals surface area (Å²) in [5.41, 5.74) is -2.53. The molecule has 34 heteroatoms. The van der Waals surface area contributed by atoms with Crippen molar-refractivity contribution in [2.75, 3.05) is 10.9 Å². The van der Waals surface area contributed by atoms with Gasteiger partial charge in [0.1, 0.15) is 32.7 Å². The molecule has 0 atom stereocenters. The molecule has 8 N–H and O–H groups in total. The maximum atomic E-state index is 14.0. The first-order valence-corrected chi connectivity index (χ1v) is 24.6. The molecule has 370 valence electrons. The Balaban J connectivity index is 1.32. The topological polar surface area (TPSA) is 477 Å². The third-order valence-electron chi connectivity index (χ3n) is 9.68. The van der Waals surface area contributed by atoms with Crippen molar-refractivity contribution in [1.82, 2.24) is 0 Å². The number of carbonyl (C=O) groups excluding carboxylic acids is 2. The fourth-order valence-corrected chi connectivity index (χ4v) is 8.81. The molecule has 0 amide bonds. The molecule has 2 aliphatic carbocycles. The summed E-state index contributed by atoms with van der Waals surface area (Å²) < 4.78 is 139. The maximum absolute atomic E-state index is 14.0. The number of aliphatic hydroxyl groups is 1. The van der Waals surface area contributed by atoms with Crippen LogP contribution in [0.5, 0.6) is 5.75 Å². The summed E-state index contributed by atoms with van der Waals surface area (Å²) in [7, 11) is -21.1. The first kappa shape index (κ1) is 51.0. The van der Waals surface area contributed by atoms with Crippen molar-refractivity contribution in [3.63, 3.8) is 0 Å². The standard InChI is InChI=1S/C38H24N10O20S4/c49-29-16-30(50)26(42-44-28-14-24(70(60,61)62)10-18-12-32(72(66,67)68)36(38(52)34(18)28)46-40-20-3-7-22(8-4-20)48(55)56)15-25(29)41-43-27-13-23(69(57,58)59)9-17-11-31(71(63,64)65)35(37(51)33(17)27)45-39-19-1-5-21(6-2-19)47(53)54/h1-16,39,44,49,52H,(H,57,58,59)(H,60,61,62)(H,63,64,65)(H,66,67,68). The molecule has 0 spiro atoms. The lowest BCUT2D eigenvalue weighted by Crippen LogP contribution is -2.27. The van der Waals surface area contributed by atoms with Gasteiger partial charge < -0.3 is 10.2 Å². The molecule has 0 unspecified atom stereocenters. The number of aromatic hydroxyl groups is 1. The van der Waals surface area contributed by atoms with Gasteiger partial charge in [-0.1, -0.05) is 0 Å². The van der Waals surface area contributed by atoms with Crippen LogP contribution >= 0.6 is 0 Å². The number of Topliss-reactive ketones (excluding diaryl/α,β-unsaturated/α-hetero) is 1. The van der Waals surface area contributed by atoms with Gasteiger partial charge in [-0.05, 0) is 71.6 Å². The number of nitrogens with one attached hydrogen (secondary N) is 2. The molecule has 0 heterocycles. The van der Waals surface area contributed by atoms with Gasteiger partial charge >= 0.3 is 0 Å². The first-order valence-electron chi connectivity index (χ1n) is 18.9. The second-order valence-electron chi connectivity index (χ2n) is 14.4. The number of nitro groups is 2. The molecule has 2 aliphatic rings. The van der Waals surface area contributed by atoms with E-state index in [4.69, 9.17) is 0 Å². The summed E-state index contributed by atoms with van der Waals surface area (Å²) in [5, 5.41) is 65.7. The Morgan fingerprint density at radius 2 is 1.19 bits per heavy atom. The monoisotopic (exact) mass is 1070 g/mol. The van der Waals surface area contributed by atoms with E-state index in [1.807, 2.05) is 0 Å². The van der Waals surface area contributed by atoms with E-state index in [1.54, 1.807) is 0 Å². The molecular weight excluding hydrogens is 1040 g/mol. The number of phenols is 1. The number of phenolic OH excluding ortho intramolecular Hbond substituents is 1. The number of anilines is 2. The van der Waals surface area contributed by atoms with Gasteiger partial charge in [0, 0.05) is 36.4 Å². The molecule has 0 aromatic heterocycles. The predicted octanol–water partition coefficient (Wildman–Crippen LogP) is 5.87. The Kier molecular flexibility index (Phi) is 13.3. The smallest absolute Gasteiger partial charge is 0.296 e. The van der Waals surface area contributed by atoms with E-state index in [9.17, 15) is 91.9 Å². The van der Waals surface area contributed by atoms with Crippen molar-refractivity contribution in [3.05, 3.63) is 139 Å². The predicted molar refractivity (Wildman–Crippen MR) is 246 cm³/mol. The molecule has 5 aromatic rings. The van der Waals surface area contributed by atoms with Crippen molar-refractivity contribution < 1.29 is 81.5 Å². The van der Waals surface area contributed by atoms with Crippen LogP contribution in [0.25, 0.3) is 16.8 Å². The van der Waals surface area contributed by atoms with E-state index >= 15 is 0 Å². The van der Waals surface area contributed by atoms with Crippen LogP contribution in [0.15, 0.2) is 153 Å². The Labute approximate surface area is 400 Å². The van der Waals surface area contributed by atoms with Gasteiger partial charge in [-0.3, -0.25) is 58.9 Å². The quantitative estimate of drug-likeness (QED) is 0.0212. The van der Waals surface area contributed by atoms with Crippen LogP contribution in [-0.4, -0.2) is 94.9 Å². The lowest BCUT2D eigenvalue weighted by molar-refractivity contribution is -0.385. The molecule has 0 fully saturated rings. The first-order chi connectivity index (χ1) is 33.5. The highest BCUT2D eigenvalue weighted by molar-refractivity contribution is 7.91. The van der Waals surface area contributed by atoms with Gasteiger partial charge in [-0.2, -0.15) is 49.0 Å². The number of ketones is 2. The molecule has 0 saturated carbocycles. The van der Waals surface area contributed by atoms with Gasteiger partial charge in [0.15, 0.2) is 11.5 Å². The van der Waals surface area contributed by atoms with Crippen LogP contribution < -0.4 is 10.9 Å². The van der Waals surface area contributed by atoms with Crippen molar-refractivity contribution >= 4 is 120 Å². The molecule has 72 heavy (non-hydrogen) atoms. The number of aliphatic hydroxyl groups excluding tert-OH is 1. The molecule has 5 aromatic carbocycles. The van der Waals surface area contributed by atoms with Gasteiger partial charge in [0.25, 0.3) is 51.8 Å². The van der Waals surface area contributed by atoms with Crippen molar-refractivity contribution in [1.29, 1.82) is 0 Å². The summed E-state index contributed by atoms with van der Waals surface area (Å²) in [6, 6.07) is 11.6. The fraction of sp³-hybridized carbons (Fsp3) is 0. The van der Waals surface area contributed by atoms with Crippen molar-refractivity contribution in [2.45, 2.75) is 14.7 Å². The highest BCUT2D eigenvalue weighted by Crippen LogP contribution is 2.45. The molecule has 0 saturated heterocycles. The third kappa shape index (κ3) is 10.8. The Morgan fingerprint density at radius 3 is 1.76 bits per heavy atom. The van der Waals surface area contributed by atoms with E-state index in [1.165, 1.54) is 0 Å². The average Bonchev–Trinajstić information content (AvgIpc) is 3.28. The summed E-state index contributed by atoms with van der Waals surface area (Å²) in [6.07, 6.45) is 1.77. The van der Waals surface area contributed by atoms with E-state index < -0.39 is 149 Å². The van der Waals surface area contributed by atoms with Gasteiger partial charge in [0.05, 0.1) is 53.3 Å². The number of hydrogen-bond donors (Lipinski definition) is 8. The number of carbonyl (C=O) groups is 2. The van der Waals surface area contributed by atoms with Crippen molar-refractivity contribution in [3.8, 4) is 5.75 Å². The lowest BCUT2D eigenvalue weighted by atomic mass is 9.93. The molecule has 0 bridgehead atoms. The van der Waals surface area contributed by atoms with Crippen LogP contribution in [0, 0.1) is 20.2 Å². The zero-order chi connectivity index (χ0) is 52.8. The molecular formula is C38H24N10O20S4. The van der Waals surface area contributed by atoms with Crippen LogP contribution in [0.3, 0.4) is 0 Å². The number of hydrazone groups is 2. The number of non-ortho nitro benzene ring substituents is 2. The summed E-state index contributed by atoms with van der Waals surface area (Å²) in [5.74, 6) is -4.62. The minimum absolute atomic E-state index is 0.0357. The summed E-state index contributed by atoms with van der Waals surface area (Å²) in [4.78, 5) is 43.4. The highest BCUT2D eigenvalue weighted by Gasteiger charge is 2.36. The highest BCUT2D eigenvalue weighted by atomic mass is 32.2. The van der Waals surface area contributed by atoms with Crippen LogP contribution in [0.2, 0.25) is 0 Å². The van der Waals surface area contributed by atoms with Gasteiger partial charge in [-0.25, -0.2) is 0 Å².